The van der Waals surface area contributed by atoms with E-state index in [0.29, 0.717) is 22.7 Å². The SMILES string of the molecule is C[C@H]1CC[C@@H]2C(C(=O)O)C[C@H]3CC(C)(C)C[C@]321. The quantitative estimate of drug-likeness (QED) is 0.756. The van der Waals surface area contributed by atoms with Crippen molar-refractivity contribution < 1.29 is 9.90 Å². The van der Waals surface area contributed by atoms with Crippen molar-refractivity contribution in [2.45, 2.75) is 52.9 Å². The summed E-state index contributed by atoms with van der Waals surface area (Å²) in [6.45, 7) is 7.12. The van der Waals surface area contributed by atoms with Crippen molar-refractivity contribution in [3.8, 4) is 0 Å². The van der Waals surface area contributed by atoms with E-state index in [4.69, 9.17) is 0 Å². The van der Waals surface area contributed by atoms with Crippen molar-refractivity contribution >= 4 is 5.97 Å². The van der Waals surface area contributed by atoms with E-state index in [9.17, 15) is 9.90 Å². The lowest BCUT2D eigenvalue weighted by Crippen LogP contribution is -2.32. The third-order valence-electron chi connectivity index (χ3n) is 6.20. The molecule has 96 valence electrons. The largest absolute Gasteiger partial charge is 0.481 e. The van der Waals surface area contributed by atoms with Gasteiger partial charge < -0.3 is 5.11 Å². The van der Waals surface area contributed by atoms with Crippen LogP contribution in [0.5, 0.6) is 0 Å². The van der Waals surface area contributed by atoms with Crippen LogP contribution < -0.4 is 0 Å². The molecule has 0 amide bonds. The smallest absolute Gasteiger partial charge is 0.306 e. The minimum Gasteiger partial charge on any atom is -0.481 e. The molecule has 1 N–H and O–H groups in total. The predicted octanol–water partition coefficient (Wildman–Crippen LogP) is 3.56. The standard InChI is InChI=1S/C15H24O2/c1-9-4-5-12-11(13(16)17)6-10-7-14(2,3)8-15(9,10)12/h9-12H,4-8H2,1-3H3,(H,16,17)/t9-,10-,11?,12+,15-/m0/s1. The lowest BCUT2D eigenvalue weighted by Gasteiger charge is -2.36. The molecule has 0 aliphatic heterocycles. The van der Waals surface area contributed by atoms with Gasteiger partial charge in [0.05, 0.1) is 5.92 Å². The summed E-state index contributed by atoms with van der Waals surface area (Å²) in [6.07, 6.45) is 5.87. The number of hydrogen-bond donors (Lipinski definition) is 1. The van der Waals surface area contributed by atoms with Crippen LogP contribution in [0.15, 0.2) is 0 Å². The monoisotopic (exact) mass is 236 g/mol. The van der Waals surface area contributed by atoms with Crippen LogP contribution in [-0.2, 0) is 4.79 Å². The lowest BCUT2D eigenvalue weighted by atomic mass is 9.68. The molecule has 5 atom stereocenters. The third kappa shape index (κ3) is 1.36. The van der Waals surface area contributed by atoms with E-state index in [1.807, 2.05) is 0 Å². The van der Waals surface area contributed by atoms with Gasteiger partial charge in [-0.15, -0.1) is 0 Å². The number of rotatable bonds is 1. The maximum Gasteiger partial charge on any atom is 0.306 e. The first-order valence-electron chi connectivity index (χ1n) is 7.10. The zero-order valence-corrected chi connectivity index (χ0v) is 11.2. The highest BCUT2D eigenvalue weighted by Gasteiger charge is 2.66. The molecule has 0 bridgehead atoms. The number of aliphatic carboxylic acids is 1. The van der Waals surface area contributed by atoms with E-state index in [2.05, 4.69) is 20.8 Å². The van der Waals surface area contributed by atoms with E-state index in [1.54, 1.807) is 0 Å². The van der Waals surface area contributed by atoms with Crippen molar-refractivity contribution in [1.82, 2.24) is 0 Å². The van der Waals surface area contributed by atoms with Gasteiger partial charge in [0.2, 0.25) is 0 Å². The minimum atomic E-state index is -0.532. The highest BCUT2D eigenvalue weighted by Crippen LogP contribution is 2.72. The molecule has 0 aromatic heterocycles. The normalized spacial score (nSPS) is 51.2. The first-order valence-corrected chi connectivity index (χ1v) is 7.10. The average Bonchev–Trinajstić information content (AvgIpc) is 2.73. The maximum atomic E-state index is 11.4. The summed E-state index contributed by atoms with van der Waals surface area (Å²) in [5.41, 5.74) is 0.817. The molecule has 2 heteroatoms. The summed E-state index contributed by atoms with van der Waals surface area (Å²) < 4.78 is 0. The van der Waals surface area contributed by atoms with E-state index in [-0.39, 0.29) is 5.92 Å². The van der Waals surface area contributed by atoms with E-state index < -0.39 is 5.97 Å². The molecule has 1 spiro atoms. The molecule has 0 radical (unpaired) electrons. The summed E-state index contributed by atoms with van der Waals surface area (Å²) in [7, 11) is 0. The van der Waals surface area contributed by atoms with Gasteiger partial charge in [0.25, 0.3) is 0 Å². The van der Waals surface area contributed by atoms with Crippen LogP contribution in [0.1, 0.15) is 52.9 Å². The Morgan fingerprint density at radius 3 is 2.65 bits per heavy atom. The molecule has 0 aromatic carbocycles. The molecule has 1 unspecified atom stereocenters. The third-order valence-corrected chi connectivity index (χ3v) is 6.20. The van der Waals surface area contributed by atoms with Crippen molar-refractivity contribution in [3.05, 3.63) is 0 Å². The topological polar surface area (TPSA) is 37.3 Å². The van der Waals surface area contributed by atoms with Crippen molar-refractivity contribution in [1.29, 1.82) is 0 Å². The fourth-order valence-corrected chi connectivity index (χ4v) is 5.87. The second-order valence-electron chi connectivity index (χ2n) is 7.62. The summed E-state index contributed by atoms with van der Waals surface area (Å²) in [5, 5.41) is 9.43. The molecule has 0 aromatic rings. The Morgan fingerprint density at radius 1 is 1.29 bits per heavy atom. The van der Waals surface area contributed by atoms with Gasteiger partial charge in [-0.2, -0.15) is 0 Å². The molecular formula is C15H24O2. The molecule has 2 nitrogen and oxygen atoms in total. The van der Waals surface area contributed by atoms with E-state index >= 15 is 0 Å². The highest BCUT2D eigenvalue weighted by atomic mass is 16.4. The first kappa shape index (κ1) is 11.6. The Balaban J connectivity index is 1.99. The second kappa shape index (κ2) is 3.27. The van der Waals surface area contributed by atoms with Crippen LogP contribution in [0, 0.1) is 34.5 Å². The molecule has 3 saturated carbocycles. The fourth-order valence-electron chi connectivity index (χ4n) is 5.87. The molecule has 0 heterocycles. The van der Waals surface area contributed by atoms with Gasteiger partial charge in [-0.05, 0) is 60.7 Å². The Kier molecular flexibility index (Phi) is 2.22. The summed E-state index contributed by atoms with van der Waals surface area (Å²) in [5.74, 6) is 1.32. The molecule has 17 heavy (non-hydrogen) atoms. The summed E-state index contributed by atoms with van der Waals surface area (Å²) in [6, 6.07) is 0. The molecule has 3 aliphatic rings. The zero-order chi connectivity index (χ0) is 12.4. The van der Waals surface area contributed by atoms with Crippen LogP contribution in [0.4, 0.5) is 0 Å². The van der Waals surface area contributed by atoms with E-state index in [1.165, 1.54) is 19.3 Å². The van der Waals surface area contributed by atoms with Gasteiger partial charge in [-0.25, -0.2) is 0 Å². The summed E-state index contributed by atoms with van der Waals surface area (Å²) >= 11 is 0. The van der Waals surface area contributed by atoms with Crippen LogP contribution in [0.2, 0.25) is 0 Å². The van der Waals surface area contributed by atoms with Crippen molar-refractivity contribution in [2.24, 2.45) is 34.5 Å². The number of carbonyl (C=O) groups is 1. The molecule has 0 saturated heterocycles. The predicted molar refractivity (Wildman–Crippen MR) is 66.6 cm³/mol. The van der Waals surface area contributed by atoms with Gasteiger partial charge >= 0.3 is 5.97 Å². The Bertz CT molecular complexity index is 360. The van der Waals surface area contributed by atoms with Crippen LogP contribution in [-0.4, -0.2) is 11.1 Å². The van der Waals surface area contributed by atoms with E-state index in [0.717, 1.165) is 18.8 Å². The molecule has 3 rings (SSSR count). The Morgan fingerprint density at radius 2 is 2.00 bits per heavy atom. The fraction of sp³-hybridized carbons (Fsp3) is 0.933. The van der Waals surface area contributed by atoms with Gasteiger partial charge in [-0.1, -0.05) is 20.8 Å². The number of hydrogen-bond acceptors (Lipinski definition) is 1. The minimum absolute atomic E-state index is 0.0407. The van der Waals surface area contributed by atoms with Crippen molar-refractivity contribution in [3.63, 3.8) is 0 Å². The number of carboxylic acids is 1. The average molecular weight is 236 g/mol. The number of carboxylic acid groups (broad SMARTS) is 1. The Hall–Kier alpha value is -0.530. The van der Waals surface area contributed by atoms with Gasteiger partial charge in [0, 0.05) is 0 Å². The maximum absolute atomic E-state index is 11.4. The zero-order valence-electron chi connectivity index (χ0n) is 11.2. The van der Waals surface area contributed by atoms with Crippen molar-refractivity contribution in [2.75, 3.05) is 0 Å². The first-order chi connectivity index (χ1) is 7.87. The van der Waals surface area contributed by atoms with Crippen LogP contribution in [0.3, 0.4) is 0 Å². The molecular weight excluding hydrogens is 212 g/mol. The lowest BCUT2D eigenvalue weighted by molar-refractivity contribution is -0.143. The summed E-state index contributed by atoms with van der Waals surface area (Å²) in [4.78, 5) is 11.4. The molecule has 3 fully saturated rings. The van der Waals surface area contributed by atoms with Gasteiger partial charge in [0.1, 0.15) is 0 Å². The van der Waals surface area contributed by atoms with Gasteiger partial charge in [0.15, 0.2) is 0 Å². The second-order valence-corrected chi connectivity index (χ2v) is 7.62. The van der Waals surface area contributed by atoms with Crippen LogP contribution in [0.25, 0.3) is 0 Å². The highest BCUT2D eigenvalue weighted by molar-refractivity contribution is 5.71. The van der Waals surface area contributed by atoms with Crippen LogP contribution >= 0.6 is 0 Å². The molecule has 3 aliphatic carbocycles. The Labute approximate surface area is 104 Å². The van der Waals surface area contributed by atoms with Gasteiger partial charge in [-0.3, -0.25) is 4.79 Å².